The highest BCUT2D eigenvalue weighted by Crippen LogP contribution is 2.12. The van der Waals surface area contributed by atoms with Gasteiger partial charge in [0, 0.05) is 20.0 Å². The maximum atomic E-state index is 12.3. The van der Waals surface area contributed by atoms with Crippen molar-refractivity contribution in [2.45, 2.75) is 45.3 Å². The normalized spacial score (nSPS) is 16.4. The van der Waals surface area contributed by atoms with E-state index >= 15 is 0 Å². The van der Waals surface area contributed by atoms with Crippen LogP contribution in [0.3, 0.4) is 0 Å². The number of carbonyl (C=O) groups excluding carboxylic acids is 3. The summed E-state index contributed by atoms with van der Waals surface area (Å²) in [5.74, 6) is -0.475. The monoisotopic (exact) mass is 315 g/mol. The van der Waals surface area contributed by atoms with Crippen molar-refractivity contribution in [3.8, 4) is 0 Å². The molecule has 8 heteroatoms. The number of likely N-dealkylation sites (tertiary alicyclic amines) is 1. The van der Waals surface area contributed by atoms with Gasteiger partial charge < -0.3 is 15.0 Å². The Kier molecular flexibility index (Phi) is 6.16. The van der Waals surface area contributed by atoms with Crippen LogP contribution in [0, 0.1) is 0 Å². The molecule has 1 fully saturated rings. The smallest absolute Gasteiger partial charge is 0.408 e. The van der Waals surface area contributed by atoms with Gasteiger partial charge in [0.15, 0.2) is 0 Å². The molecule has 1 N–H and O–H groups in total. The first-order chi connectivity index (χ1) is 10.1. The van der Waals surface area contributed by atoms with Crippen molar-refractivity contribution in [3.05, 3.63) is 0 Å². The third-order valence-electron chi connectivity index (χ3n) is 3.15. The number of alkyl carbamates (subject to hydrolysis) is 1. The standard InChI is InChI=1S/C14H25N3O5/c1-14(2,3)22-13(20)15-10(12(19)16(4)21-5)9-17-8-6-7-11(17)18/h10H,6-9H2,1-5H3,(H,15,20)/t10-/m0/s1. The minimum Gasteiger partial charge on any atom is -0.444 e. The number of carbonyl (C=O) groups is 3. The van der Waals surface area contributed by atoms with Crippen molar-refractivity contribution < 1.29 is 24.0 Å². The first kappa shape index (κ1) is 18.2. The average molecular weight is 315 g/mol. The first-order valence-corrected chi connectivity index (χ1v) is 7.23. The fraction of sp³-hybridized carbons (Fsp3) is 0.786. The van der Waals surface area contributed by atoms with Crippen molar-refractivity contribution in [3.63, 3.8) is 0 Å². The summed E-state index contributed by atoms with van der Waals surface area (Å²) >= 11 is 0. The lowest BCUT2D eigenvalue weighted by molar-refractivity contribution is -0.171. The Hall–Kier alpha value is -1.83. The molecular formula is C14H25N3O5. The van der Waals surface area contributed by atoms with Crippen molar-refractivity contribution in [2.75, 3.05) is 27.2 Å². The second-order valence-electron chi connectivity index (χ2n) is 6.16. The van der Waals surface area contributed by atoms with Crippen LogP contribution < -0.4 is 5.32 Å². The Bertz CT molecular complexity index is 433. The molecule has 0 aromatic heterocycles. The molecule has 126 valence electrons. The molecule has 1 rings (SSSR count). The van der Waals surface area contributed by atoms with E-state index in [1.54, 1.807) is 25.7 Å². The van der Waals surface area contributed by atoms with Gasteiger partial charge in [-0.2, -0.15) is 0 Å². The zero-order valence-electron chi connectivity index (χ0n) is 13.8. The van der Waals surface area contributed by atoms with E-state index in [-0.39, 0.29) is 12.5 Å². The van der Waals surface area contributed by atoms with Crippen LogP contribution in [0.5, 0.6) is 0 Å². The summed E-state index contributed by atoms with van der Waals surface area (Å²) < 4.78 is 5.16. The van der Waals surface area contributed by atoms with Crippen LogP contribution in [0.25, 0.3) is 0 Å². The zero-order chi connectivity index (χ0) is 16.9. The van der Waals surface area contributed by atoms with Gasteiger partial charge in [-0.15, -0.1) is 0 Å². The largest absolute Gasteiger partial charge is 0.444 e. The topological polar surface area (TPSA) is 88.2 Å². The van der Waals surface area contributed by atoms with E-state index in [1.165, 1.54) is 14.2 Å². The molecule has 0 aromatic carbocycles. The lowest BCUT2D eigenvalue weighted by Crippen LogP contribution is -2.53. The van der Waals surface area contributed by atoms with E-state index in [0.29, 0.717) is 13.0 Å². The van der Waals surface area contributed by atoms with Crippen LogP contribution in [0.1, 0.15) is 33.6 Å². The van der Waals surface area contributed by atoms with Gasteiger partial charge in [0.25, 0.3) is 5.91 Å². The fourth-order valence-electron chi connectivity index (χ4n) is 2.06. The maximum absolute atomic E-state index is 12.3. The third kappa shape index (κ3) is 5.51. The Morgan fingerprint density at radius 3 is 2.50 bits per heavy atom. The number of amides is 3. The van der Waals surface area contributed by atoms with E-state index in [2.05, 4.69) is 5.32 Å². The average Bonchev–Trinajstić information content (AvgIpc) is 2.79. The molecule has 1 aliphatic heterocycles. The summed E-state index contributed by atoms with van der Waals surface area (Å²) in [6.45, 7) is 5.87. The van der Waals surface area contributed by atoms with Gasteiger partial charge in [-0.3, -0.25) is 14.4 Å². The quantitative estimate of drug-likeness (QED) is 0.747. The second kappa shape index (κ2) is 7.44. The molecule has 1 saturated heterocycles. The summed E-state index contributed by atoms with van der Waals surface area (Å²) in [5, 5.41) is 3.53. The minimum atomic E-state index is -0.915. The van der Waals surface area contributed by atoms with Crippen LogP contribution >= 0.6 is 0 Å². The van der Waals surface area contributed by atoms with Crippen LogP contribution in [0.15, 0.2) is 0 Å². The van der Waals surface area contributed by atoms with Crippen molar-refractivity contribution in [1.82, 2.24) is 15.3 Å². The molecule has 22 heavy (non-hydrogen) atoms. The lowest BCUT2D eigenvalue weighted by atomic mass is 10.2. The molecule has 0 aliphatic carbocycles. The number of nitrogens with zero attached hydrogens (tertiary/aromatic N) is 2. The summed E-state index contributed by atoms with van der Waals surface area (Å²) in [7, 11) is 2.79. The molecule has 0 bridgehead atoms. The molecule has 3 amide bonds. The molecule has 0 radical (unpaired) electrons. The Labute approximate surface area is 130 Å². The van der Waals surface area contributed by atoms with Gasteiger partial charge in [0.2, 0.25) is 5.91 Å². The van der Waals surface area contributed by atoms with E-state index in [9.17, 15) is 14.4 Å². The number of hydrogen-bond acceptors (Lipinski definition) is 5. The number of ether oxygens (including phenoxy) is 1. The number of hydroxylamine groups is 2. The molecule has 0 aromatic rings. The Balaban J connectivity index is 2.75. The lowest BCUT2D eigenvalue weighted by Gasteiger charge is -2.28. The van der Waals surface area contributed by atoms with Gasteiger partial charge in [-0.1, -0.05) is 0 Å². The summed E-state index contributed by atoms with van der Waals surface area (Å²) in [4.78, 5) is 42.3. The molecular weight excluding hydrogens is 290 g/mol. The van der Waals surface area contributed by atoms with Crippen molar-refractivity contribution in [1.29, 1.82) is 0 Å². The molecule has 0 spiro atoms. The second-order valence-corrected chi connectivity index (χ2v) is 6.16. The zero-order valence-corrected chi connectivity index (χ0v) is 13.8. The van der Waals surface area contributed by atoms with Gasteiger partial charge in [0.1, 0.15) is 11.6 Å². The van der Waals surface area contributed by atoms with Crippen LogP contribution in [0.2, 0.25) is 0 Å². The van der Waals surface area contributed by atoms with Crippen LogP contribution in [-0.2, 0) is 19.2 Å². The van der Waals surface area contributed by atoms with E-state index < -0.39 is 23.6 Å². The summed E-state index contributed by atoms with van der Waals surface area (Å²) in [5.41, 5.74) is -0.672. The summed E-state index contributed by atoms with van der Waals surface area (Å²) in [6, 6.07) is -0.915. The van der Waals surface area contributed by atoms with Crippen molar-refractivity contribution in [2.24, 2.45) is 0 Å². The predicted octanol–water partition coefficient (Wildman–Crippen LogP) is 0.522. The van der Waals surface area contributed by atoms with E-state index in [0.717, 1.165) is 11.5 Å². The van der Waals surface area contributed by atoms with Gasteiger partial charge in [0.05, 0.1) is 13.7 Å². The molecule has 0 saturated carbocycles. The van der Waals surface area contributed by atoms with Gasteiger partial charge in [-0.25, -0.2) is 9.86 Å². The van der Waals surface area contributed by atoms with Crippen LogP contribution in [-0.4, -0.2) is 66.8 Å². The maximum Gasteiger partial charge on any atom is 0.408 e. The molecule has 8 nitrogen and oxygen atoms in total. The molecule has 1 atom stereocenters. The summed E-state index contributed by atoms with van der Waals surface area (Å²) in [6.07, 6.45) is 0.516. The van der Waals surface area contributed by atoms with E-state index in [1.807, 2.05) is 0 Å². The SMILES string of the molecule is CON(C)C(=O)[C@H](CN1CCCC1=O)NC(=O)OC(C)(C)C. The first-order valence-electron chi connectivity index (χ1n) is 7.23. The highest BCUT2D eigenvalue weighted by Gasteiger charge is 2.31. The number of rotatable bonds is 5. The highest BCUT2D eigenvalue weighted by atomic mass is 16.7. The molecule has 1 heterocycles. The molecule has 1 aliphatic rings. The van der Waals surface area contributed by atoms with Crippen molar-refractivity contribution >= 4 is 17.9 Å². The number of hydrogen-bond donors (Lipinski definition) is 1. The molecule has 0 unspecified atom stereocenters. The fourth-order valence-corrected chi connectivity index (χ4v) is 2.06. The van der Waals surface area contributed by atoms with Gasteiger partial charge >= 0.3 is 6.09 Å². The third-order valence-corrected chi connectivity index (χ3v) is 3.15. The Morgan fingerprint density at radius 2 is 2.05 bits per heavy atom. The number of nitrogens with one attached hydrogen (secondary N) is 1. The number of likely N-dealkylation sites (N-methyl/N-ethyl adjacent to an activating group) is 1. The minimum absolute atomic E-state index is 0.0242. The Morgan fingerprint density at radius 1 is 1.41 bits per heavy atom. The predicted molar refractivity (Wildman–Crippen MR) is 78.8 cm³/mol. The van der Waals surface area contributed by atoms with Gasteiger partial charge in [-0.05, 0) is 27.2 Å². The van der Waals surface area contributed by atoms with E-state index in [4.69, 9.17) is 9.57 Å². The highest BCUT2D eigenvalue weighted by molar-refractivity contribution is 5.86. The van der Waals surface area contributed by atoms with Crippen LogP contribution in [0.4, 0.5) is 4.79 Å².